The average Bonchev–Trinajstić information content (AvgIpc) is 3.47. The third-order valence-corrected chi connectivity index (χ3v) is 7.03. The molecule has 0 aliphatic carbocycles. The molecule has 31 heavy (non-hydrogen) atoms. The molecule has 0 aliphatic heterocycles. The highest BCUT2D eigenvalue weighted by Crippen LogP contribution is 2.29. The Morgan fingerprint density at radius 3 is 2.45 bits per heavy atom. The van der Waals surface area contributed by atoms with E-state index in [4.69, 9.17) is 0 Å². The molecule has 1 N–H and O–H groups in total. The fraction of sp³-hybridized carbons (Fsp3) is 0.208. The van der Waals surface area contributed by atoms with E-state index in [1.165, 1.54) is 16.6 Å². The van der Waals surface area contributed by atoms with Gasteiger partial charge in [-0.15, -0.1) is 21.5 Å². The van der Waals surface area contributed by atoms with Crippen molar-refractivity contribution in [2.24, 2.45) is 0 Å². The number of nitrogens with one attached hydrogen (secondary N) is 1. The van der Waals surface area contributed by atoms with Crippen molar-refractivity contribution in [3.63, 3.8) is 0 Å². The molecule has 4 rings (SSSR count). The van der Waals surface area contributed by atoms with Crippen molar-refractivity contribution in [2.75, 3.05) is 0 Å². The summed E-state index contributed by atoms with van der Waals surface area (Å²) in [5, 5.41) is 14.6. The van der Waals surface area contributed by atoms with Crippen LogP contribution in [0, 0.1) is 0 Å². The molecule has 7 heteroatoms. The molecule has 2 aromatic heterocycles. The molecule has 2 heterocycles. The molecule has 1 unspecified atom stereocenters. The van der Waals surface area contributed by atoms with Gasteiger partial charge in [-0.05, 0) is 35.6 Å². The normalized spacial score (nSPS) is 11.9. The third-order valence-electron chi connectivity index (χ3n) is 4.85. The number of aromatic nitrogens is 3. The maximum atomic E-state index is 12.9. The van der Waals surface area contributed by atoms with Crippen molar-refractivity contribution in [2.45, 2.75) is 36.7 Å². The van der Waals surface area contributed by atoms with Gasteiger partial charge in [-0.2, -0.15) is 0 Å². The smallest absolute Gasteiger partial charge is 0.233 e. The van der Waals surface area contributed by atoms with Gasteiger partial charge in [0.1, 0.15) is 5.82 Å². The molecule has 1 amide bonds. The Balaban J connectivity index is 1.54. The average molecular weight is 449 g/mol. The van der Waals surface area contributed by atoms with Crippen molar-refractivity contribution < 1.29 is 4.79 Å². The standard InChI is InChI=1S/C24H24N4OS2/c1-2-21(23(29)25-17-18-10-5-3-6-11-18)31-24-27-26-22(16-20-14-9-15-30-20)28(24)19-12-7-4-8-13-19/h3-15,21H,2,16-17H2,1H3,(H,25,29). The van der Waals surface area contributed by atoms with Crippen LogP contribution < -0.4 is 5.32 Å². The van der Waals surface area contributed by atoms with Crippen molar-refractivity contribution >= 4 is 29.0 Å². The first-order valence-electron chi connectivity index (χ1n) is 10.2. The van der Waals surface area contributed by atoms with Crippen LogP contribution in [-0.2, 0) is 17.8 Å². The number of carbonyl (C=O) groups excluding carboxylic acids is 1. The molecule has 0 spiro atoms. The summed E-state index contributed by atoms with van der Waals surface area (Å²) in [5.74, 6) is 0.884. The summed E-state index contributed by atoms with van der Waals surface area (Å²) in [7, 11) is 0. The van der Waals surface area contributed by atoms with Gasteiger partial charge in [0.2, 0.25) is 5.91 Å². The Morgan fingerprint density at radius 2 is 1.77 bits per heavy atom. The van der Waals surface area contributed by atoms with E-state index in [9.17, 15) is 4.79 Å². The van der Waals surface area contributed by atoms with Gasteiger partial charge in [0.15, 0.2) is 5.16 Å². The second-order valence-electron chi connectivity index (χ2n) is 7.04. The Labute approximate surface area is 190 Å². The van der Waals surface area contributed by atoms with Crippen LogP contribution >= 0.6 is 23.1 Å². The van der Waals surface area contributed by atoms with E-state index < -0.39 is 0 Å². The van der Waals surface area contributed by atoms with Gasteiger partial charge in [-0.3, -0.25) is 9.36 Å². The van der Waals surface area contributed by atoms with E-state index in [0.29, 0.717) is 19.4 Å². The van der Waals surface area contributed by atoms with E-state index in [-0.39, 0.29) is 11.2 Å². The number of hydrogen-bond donors (Lipinski definition) is 1. The van der Waals surface area contributed by atoms with Crippen LogP contribution in [0.5, 0.6) is 0 Å². The minimum absolute atomic E-state index is 0.0128. The van der Waals surface area contributed by atoms with Crippen LogP contribution in [-0.4, -0.2) is 25.9 Å². The summed E-state index contributed by atoms with van der Waals surface area (Å²) in [5.41, 5.74) is 2.09. The second-order valence-corrected chi connectivity index (χ2v) is 9.25. The van der Waals surface area contributed by atoms with Crippen LogP contribution in [0.2, 0.25) is 0 Å². The molecule has 0 saturated heterocycles. The number of hydrogen-bond acceptors (Lipinski definition) is 5. The molecule has 0 fully saturated rings. The summed E-state index contributed by atoms with van der Waals surface area (Å²) in [6, 6.07) is 24.2. The molecule has 0 aliphatic rings. The third kappa shape index (κ3) is 5.42. The Hall–Kier alpha value is -2.90. The maximum Gasteiger partial charge on any atom is 0.233 e. The van der Waals surface area contributed by atoms with Gasteiger partial charge in [0.05, 0.1) is 5.25 Å². The number of benzene rings is 2. The van der Waals surface area contributed by atoms with E-state index >= 15 is 0 Å². The van der Waals surface area contributed by atoms with E-state index in [1.807, 2.05) is 73.7 Å². The molecule has 5 nitrogen and oxygen atoms in total. The van der Waals surface area contributed by atoms with E-state index in [2.05, 4.69) is 31.5 Å². The molecular formula is C24H24N4OS2. The van der Waals surface area contributed by atoms with Crippen LogP contribution in [0.15, 0.2) is 83.3 Å². The number of carbonyl (C=O) groups is 1. The van der Waals surface area contributed by atoms with E-state index in [0.717, 1.165) is 22.2 Å². The van der Waals surface area contributed by atoms with Gasteiger partial charge in [0, 0.05) is 23.5 Å². The number of rotatable bonds is 9. The van der Waals surface area contributed by atoms with Gasteiger partial charge in [-0.25, -0.2) is 0 Å². The number of amides is 1. The lowest BCUT2D eigenvalue weighted by Gasteiger charge is -2.16. The molecule has 1 atom stereocenters. The molecular weight excluding hydrogens is 424 g/mol. The van der Waals surface area contributed by atoms with Crippen molar-refractivity contribution in [1.82, 2.24) is 20.1 Å². The SMILES string of the molecule is CCC(Sc1nnc(Cc2cccs2)n1-c1ccccc1)C(=O)NCc1ccccc1. The summed E-state index contributed by atoms with van der Waals surface area (Å²) in [6.07, 6.45) is 1.41. The van der Waals surface area contributed by atoms with Crippen LogP contribution in [0.25, 0.3) is 5.69 Å². The lowest BCUT2D eigenvalue weighted by Crippen LogP contribution is -2.32. The van der Waals surface area contributed by atoms with Crippen molar-refractivity contribution in [3.8, 4) is 5.69 Å². The minimum Gasteiger partial charge on any atom is -0.351 e. The van der Waals surface area contributed by atoms with Gasteiger partial charge < -0.3 is 5.32 Å². The van der Waals surface area contributed by atoms with Crippen LogP contribution in [0.1, 0.15) is 29.6 Å². The highest BCUT2D eigenvalue weighted by molar-refractivity contribution is 8.00. The van der Waals surface area contributed by atoms with E-state index in [1.54, 1.807) is 11.3 Å². The summed E-state index contributed by atoms with van der Waals surface area (Å²) in [6.45, 7) is 2.54. The first kappa shape index (κ1) is 21.3. The molecule has 158 valence electrons. The predicted octanol–water partition coefficient (Wildman–Crippen LogP) is 5.11. The summed E-state index contributed by atoms with van der Waals surface area (Å²) < 4.78 is 2.07. The molecule has 2 aromatic carbocycles. The zero-order valence-electron chi connectivity index (χ0n) is 17.3. The summed E-state index contributed by atoms with van der Waals surface area (Å²) in [4.78, 5) is 14.1. The summed E-state index contributed by atoms with van der Waals surface area (Å²) >= 11 is 3.17. The van der Waals surface area contributed by atoms with Crippen molar-refractivity contribution in [1.29, 1.82) is 0 Å². The first-order valence-corrected chi connectivity index (χ1v) is 12.0. The van der Waals surface area contributed by atoms with Gasteiger partial charge >= 0.3 is 0 Å². The first-order chi connectivity index (χ1) is 15.2. The highest BCUT2D eigenvalue weighted by Gasteiger charge is 2.23. The number of thioether (sulfide) groups is 1. The monoisotopic (exact) mass is 448 g/mol. The number of para-hydroxylation sites is 1. The molecule has 0 saturated carbocycles. The molecule has 0 radical (unpaired) electrons. The van der Waals surface area contributed by atoms with Crippen LogP contribution in [0.4, 0.5) is 0 Å². The Kier molecular flexibility index (Phi) is 7.17. The quantitative estimate of drug-likeness (QED) is 0.362. The Bertz CT molecular complexity index is 1100. The maximum absolute atomic E-state index is 12.9. The largest absolute Gasteiger partial charge is 0.351 e. The second kappa shape index (κ2) is 10.4. The highest BCUT2D eigenvalue weighted by atomic mass is 32.2. The zero-order valence-corrected chi connectivity index (χ0v) is 18.9. The lowest BCUT2D eigenvalue weighted by molar-refractivity contribution is -0.120. The number of nitrogens with zero attached hydrogens (tertiary/aromatic N) is 3. The van der Waals surface area contributed by atoms with Crippen molar-refractivity contribution in [3.05, 3.63) is 94.4 Å². The van der Waals surface area contributed by atoms with Gasteiger partial charge in [-0.1, -0.05) is 73.3 Å². The predicted molar refractivity (Wildman–Crippen MR) is 127 cm³/mol. The fourth-order valence-corrected chi connectivity index (χ4v) is 4.96. The topological polar surface area (TPSA) is 59.8 Å². The minimum atomic E-state index is -0.245. The lowest BCUT2D eigenvalue weighted by atomic mass is 10.2. The Morgan fingerprint density at radius 1 is 1.03 bits per heavy atom. The molecule has 4 aromatic rings. The zero-order chi connectivity index (χ0) is 21.5. The number of thiophene rings is 1. The van der Waals surface area contributed by atoms with Gasteiger partial charge in [0.25, 0.3) is 0 Å². The fourth-order valence-electron chi connectivity index (χ4n) is 3.24. The van der Waals surface area contributed by atoms with Crippen LogP contribution in [0.3, 0.4) is 0 Å². The molecule has 0 bridgehead atoms.